The number of aromatic nitrogens is 2. The summed E-state index contributed by atoms with van der Waals surface area (Å²) in [4.78, 5) is 30.9. The smallest absolute Gasteiger partial charge is 0.308 e. The summed E-state index contributed by atoms with van der Waals surface area (Å²) in [6, 6.07) is 11.4. The molecule has 1 saturated carbocycles. The van der Waals surface area contributed by atoms with Crippen LogP contribution in [0.25, 0.3) is 22.4 Å². The van der Waals surface area contributed by atoms with Gasteiger partial charge in [-0.25, -0.2) is 4.98 Å². The molecule has 1 N–H and O–H groups in total. The van der Waals surface area contributed by atoms with Gasteiger partial charge in [0.2, 0.25) is 0 Å². The second kappa shape index (κ2) is 6.44. The van der Waals surface area contributed by atoms with Crippen LogP contribution in [0.1, 0.15) is 41.2 Å². The van der Waals surface area contributed by atoms with Gasteiger partial charge in [-0.3, -0.25) is 9.59 Å². The number of carbonyl (C=O) groups is 2. The summed E-state index contributed by atoms with van der Waals surface area (Å²) >= 11 is 0. The molecule has 0 spiro atoms. The van der Waals surface area contributed by atoms with Gasteiger partial charge in [-0.05, 0) is 25.3 Å². The molecule has 28 heavy (non-hydrogen) atoms. The van der Waals surface area contributed by atoms with Crippen molar-refractivity contribution < 1.29 is 19.2 Å². The first kappa shape index (κ1) is 16.9. The third-order valence-electron chi connectivity index (χ3n) is 5.56. The van der Waals surface area contributed by atoms with Gasteiger partial charge in [0.05, 0.1) is 16.9 Å². The molecule has 1 aromatic carbocycles. The molecule has 2 aliphatic rings. The Hall–Kier alpha value is -3.22. The zero-order valence-electron chi connectivity index (χ0n) is 15.2. The number of likely N-dealkylation sites (tertiary alicyclic amines) is 1. The van der Waals surface area contributed by atoms with Gasteiger partial charge in [-0.1, -0.05) is 35.5 Å². The summed E-state index contributed by atoms with van der Waals surface area (Å²) in [7, 11) is 0. The average Bonchev–Trinajstić information content (AvgIpc) is 3.28. The third kappa shape index (κ3) is 2.83. The van der Waals surface area contributed by atoms with Gasteiger partial charge in [0.25, 0.3) is 11.6 Å². The van der Waals surface area contributed by atoms with Gasteiger partial charge in [0.1, 0.15) is 5.69 Å². The van der Waals surface area contributed by atoms with Gasteiger partial charge < -0.3 is 14.5 Å². The van der Waals surface area contributed by atoms with Crippen molar-refractivity contribution in [3.63, 3.8) is 0 Å². The van der Waals surface area contributed by atoms with E-state index in [-0.39, 0.29) is 12.5 Å². The first-order valence-corrected chi connectivity index (χ1v) is 9.49. The molecule has 1 saturated heterocycles. The number of benzene rings is 1. The third-order valence-corrected chi connectivity index (χ3v) is 5.56. The molecule has 7 nitrogen and oxygen atoms in total. The molecule has 3 heterocycles. The number of aliphatic carboxylic acids is 1. The van der Waals surface area contributed by atoms with E-state index in [1.807, 2.05) is 36.4 Å². The van der Waals surface area contributed by atoms with Gasteiger partial charge in [0, 0.05) is 30.3 Å². The SMILES string of the molecule is O=C(O)[C@@H]1CCN(C(=O)c2cc(C3CC3)nc3onc(-c4ccccc4)c23)C1. The maximum absolute atomic E-state index is 13.3. The van der Waals surface area contributed by atoms with Crippen LogP contribution < -0.4 is 0 Å². The Kier molecular flexibility index (Phi) is 3.89. The summed E-state index contributed by atoms with van der Waals surface area (Å²) < 4.78 is 5.51. The second-order valence-corrected chi connectivity index (χ2v) is 7.52. The minimum absolute atomic E-state index is 0.182. The number of amides is 1. The number of rotatable bonds is 4. The van der Waals surface area contributed by atoms with Crippen LogP contribution in [-0.2, 0) is 4.79 Å². The molecule has 0 bridgehead atoms. The predicted molar refractivity (Wildman–Crippen MR) is 101 cm³/mol. The molecule has 142 valence electrons. The fourth-order valence-corrected chi connectivity index (χ4v) is 3.84. The highest BCUT2D eigenvalue weighted by atomic mass is 16.5. The van der Waals surface area contributed by atoms with Crippen molar-refractivity contribution >= 4 is 23.0 Å². The normalized spacial score (nSPS) is 19.3. The molecule has 1 aliphatic heterocycles. The zero-order valence-corrected chi connectivity index (χ0v) is 15.2. The largest absolute Gasteiger partial charge is 0.481 e. The van der Waals surface area contributed by atoms with E-state index in [0.717, 1.165) is 24.1 Å². The maximum Gasteiger partial charge on any atom is 0.308 e. The summed E-state index contributed by atoms with van der Waals surface area (Å²) in [6.07, 6.45) is 2.58. The minimum Gasteiger partial charge on any atom is -0.481 e. The molecule has 5 rings (SSSR count). The Balaban J connectivity index is 1.62. The minimum atomic E-state index is -0.858. The number of nitrogens with zero attached hydrogens (tertiary/aromatic N) is 3. The van der Waals surface area contributed by atoms with E-state index in [1.165, 1.54) is 0 Å². The Bertz CT molecular complexity index is 1070. The fourth-order valence-electron chi connectivity index (χ4n) is 3.84. The lowest BCUT2D eigenvalue weighted by Gasteiger charge is -2.17. The molecule has 3 aromatic rings. The number of hydrogen-bond acceptors (Lipinski definition) is 5. The van der Waals surface area contributed by atoms with Crippen molar-refractivity contribution in [2.75, 3.05) is 13.1 Å². The summed E-state index contributed by atoms with van der Waals surface area (Å²) in [5, 5.41) is 14.1. The Morgan fingerprint density at radius 1 is 1.14 bits per heavy atom. The van der Waals surface area contributed by atoms with E-state index in [0.29, 0.717) is 41.2 Å². The number of carbonyl (C=O) groups excluding carboxylic acids is 1. The lowest BCUT2D eigenvalue weighted by atomic mass is 10.0. The van der Waals surface area contributed by atoms with Crippen molar-refractivity contribution in [2.45, 2.75) is 25.2 Å². The summed E-state index contributed by atoms with van der Waals surface area (Å²) in [5.74, 6) is -1.20. The van der Waals surface area contributed by atoms with Crippen LogP contribution in [0.15, 0.2) is 40.9 Å². The predicted octanol–water partition coefficient (Wildman–Crippen LogP) is 3.31. The van der Waals surface area contributed by atoms with Crippen molar-refractivity contribution in [2.24, 2.45) is 5.92 Å². The molecule has 1 atom stereocenters. The van der Waals surface area contributed by atoms with E-state index in [1.54, 1.807) is 4.90 Å². The summed E-state index contributed by atoms with van der Waals surface area (Å²) in [6.45, 7) is 0.660. The first-order valence-electron chi connectivity index (χ1n) is 9.49. The number of pyridine rings is 1. The molecule has 2 aromatic heterocycles. The highest BCUT2D eigenvalue weighted by Crippen LogP contribution is 2.41. The van der Waals surface area contributed by atoms with Gasteiger partial charge in [-0.15, -0.1) is 0 Å². The Morgan fingerprint density at radius 2 is 1.93 bits per heavy atom. The second-order valence-electron chi connectivity index (χ2n) is 7.52. The van der Waals surface area contributed by atoms with Crippen molar-refractivity contribution in [3.05, 3.63) is 47.7 Å². The molecule has 0 radical (unpaired) electrons. The number of carboxylic acid groups (broad SMARTS) is 1. The van der Waals surface area contributed by atoms with Crippen LogP contribution in [0, 0.1) is 5.92 Å². The van der Waals surface area contributed by atoms with Gasteiger partial charge in [-0.2, -0.15) is 0 Å². The molecule has 1 aliphatic carbocycles. The molecule has 2 fully saturated rings. The van der Waals surface area contributed by atoms with E-state index in [9.17, 15) is 14.7 Å². The van der Waals surface area contributed by atoms with E-state index in [2.05, 4.69) is 10.1 Å². The quantitative estimate of drug-likeness (QED) is 0.749. The van der Waals surface area contributed by atoms with E-state index < -0.39 is 11.9 Å². The van der Waals surface area contributed by atoms with Crippen molar-refractivity contribution in [1.29, 1.82) is 0 Å². The highest BCUT2D eigenvalue weighted by Gasteiger charge is 2.34. The number of hydrogen-bond donors (Lipinski definition) is 1. The molecule has 1 amide bonds. The Morgan fingerprint density at radius 3 is 2.61 bits per heavy atom. The highest BCUT2D eigenvalue weighted by molar-refractivity contribution is 6.09. The molecule has 7 heteroatoms. The van der Waals surface area contributed by atoms with Gasteiger partial charge in [0.15, 0.2) is 0 Å². The Labute approximate surface area is 161 Å². The first-order chi connectivity index (χ1) is 13.6. The van der Waals surface area contributed by atoms with Crippen LogP contribution in [0.5, 0.6) is 0 Å². The molecule has 0 unspecified atom stereocenters. The number of fused-ring (bicyclic) bond motifs is 1. The fraction of sp³-hybridized carbons (Fsp3) is 0.333. The van der Waals surface area contributed by atoms with Gasteiger partial charge >= 0.3 is 5.97 Å². The lowest BCUT2D eigenvalue weighted by molar-refractivity contribution is -0.141. The van der Waals surface area contributed by atoms with Crippen molar-refractivity contribution in [3.8, 4) is 11.3 Å². The summed E-state index contributed by atoms with van der Waals surface area (Å²) in [5.41, 5.74) is 3.14. The average molecular weight is 377 g/mol. The lowest BCUT2D eigenvalue weighted by Crippen LogP contribution is -2.30. The molecular formula is C21H19N3O4. The van der Waals surface area contributed by atoms with Crippen LogP contribution >= 0.6 is 0 Å². The van der Waals surface area contributed by atoms with Crippen LogP contribution in [-0.4, -0.2) is 45.1 Å². The zero-order chi connectivity index (χ0) is 19.3. The number of carboxylic acids is 1. The topological polar surface area (TPSA) is 96.5 Å². The maximum atomic E-state index is 13.3. The van der Waals surface area contributed by atoms with Crippen LogP contribution in [0.4, 0.5) is 0 Å². The van der Waals surface area contributed by atoms with Crippen molar-refractivity contribution in [1.82, 2.24) is 15.0 Å². The van der Waals surface area contributed by atoms with Crippen LogP contribution in [0.2, 0.25) is 0 Å². The van der Waals surface area contributed by atoms with E-state index >= 15 is 0 Å². The van der Waals surface area contributed by atoms with E-state index in [4.69, 9.17) is 4.52 Å². The monoisotopic (exact) mass is 377 g/mol. The molecular weight excluding hydrogens is 358 g/mol. The standard InChI is InChI=1S/C21H19N3O4/c25-20(24-9-8-14(11-24)21(26)27)15-10-16(12-6-7-12)22-19-17(15)18(23-28-19)13-4-2-1-3-5-13/h1-5,10,12,14H,6-9,11H2,(H,26,27)/t14-/m1/s1. The van der Waals surface area contributed by atoms with Crippen LogP contribution in [0.3, 0.4) is 0 Å².